The van der Waals surface area contributed by atoms with Crippen molar-refractivity contribution in [2.24, 2.45) is 0 Å². The Morgan fingerprint density at radius 3 is 3.00 bits per heavy atom. The normalized spacial score (nSPS) is 24.4. The van der Waals surface area contributed by atoms with Gasteiger partial charge in [-0.05, 0) is 26.4 Å². The number of piperazine rings is 1. The van der Waals surface area contributed by atoms with Crippen LogP contribution in [0.5, 0.6) is 0 Å². The zero-order valence-electron chi connectivity index (χ0n) is 9.84. The zero-order valence-corrected chi connectivity index (χ0v) is 11.3. The van der Waals surface area contributed by atoms with Gasteiger partial charge in [0.1, 0.15) is 0 Å². The van der Waals surface area contributed by atoms with Crippen molar-refractivity contribution in [2.75, 3.05) is 26.2 Å². The minimum absolute atomic E-state index is 0.0342. The molecule has 1 aliphatic rings. The van der Waals surface area contributed by atoms with Gasteiger partial charge in [-0.25, -0.2) is 0 Å². The average Bonchev–Trinajstić information content (AvgIpc) is 2.18. The van der Waals surface area contributed by atoms with Crippen molar-refractivity contribution in [3.05, 3.63) is 11.3 Å². The fraction of sp³-hybridized carbons (Fsp3) is 0.818. The van der Waals surface area contributed by atoms with E-state index in [0.29, 0.717) is 0 Å². The van der Waals surface area contributed by atoms with E-state index in [0.717, 1.165) is 6.04 Å². The van der Waals surface area contributed by atoms with Crippen molar-refractivity contribution in [1.29, 1.82) is 0 Å². The van der Waals surface area contributed by atoms with E-state index >= 15 is 0 Å². The van der Waals surface area contributed by atoms with E-state index in [4.69, 9.17) is 0 Å². The first-order valence-electron chi connectivity index (χ1n) is 5.82. The van der Waals surface area contributed by atoms with Crippen molar-refractivity contribution >= 4 is 9.52 Å². The van der Waals surface area contributed by atoms with Crippen molar-refractivity contribution in [3.63, 3.8) is 0 Å². The van der Waals surface area contributed by atoms with Crippen LogP contribution >= 0.6 is 0 Å². The maximum absolute atomic E-state index is 3.50. The molecule has 1 rings (SSSR count). The molecule has 0 aromatic carbocycles. The molecule has 0 bridgehead atoms. The van der Waals surface area contributed by atoms with Crippen LogP contribution in [0.1, 0.15) is 20.8 Å². The van der Waals surface area contributed by atoms with Crippen molar-refractivity contribution in [3.8, 4) is 0 Å². The monoisotopic (exact) mass is 212 g/mol. The molecule has 3 heteroatoms. The molecule has 1 unspecified atom stereocenters. The SMILES string of the molecule is CCN1CCNCC1C[SiH2]C=C(C)C. The highest BCUT2D eigenvalue weighted by Gasteiger charge is 2.19. The number of allylic oxidation sites excluding steroid dienone is 1. The van der Waals surface area contributed by atoms with Gasteiger partial charge in [-0.1, -0.05) is 12.5 Å². The van der Waals surface area contributed by atoms with Crippen LogP contribution in [-0.4, -0.2) is 46.6 Å². The minimum Gasteiger partial charge on any atom is -0.314 e. The van der Waals surface area contributed by atoms with Gasteiger partial charge >= 0.3 is 0 Å². The highest BCUT2D eigenvalue weighted by Crippen LogP contribution is 2.07. The van der Waals surface area contributed by atoms with Crippen LogP contribution in [0.15, 0.2) is 11.3 Å². The van der Waals surface area contributed by atoms with Crippen LogP contribution < -0.4 is 5.32 Å². The van der Waals surface area contributed by atoms with Crippen molar-refractivity contribution in [2.45, 2.75) is 32.9 Å². The van der Waals surface area contributed by atoms with E-state index < -0.39 is 0 Å². The predicted octanol–water partition coefficient (Wildman–Crippen LogP) is 0.791. The second-order valence-corrected chi connectivity index (χ2v) is 5.91. The number of nitrogens with one attached hydrogen (secondary N) is 1. The van der Waals surface area contributed by atoms with Gasteiger partial charge in [0.2, 0.25) is 0 Å². The van der Waals surface area contributed by atoms with Gasteiger partial charge in [0.15, 0.2) is 0 Å². The first-order valence-corrected chi connectivity index (χ1v) is 7.63. The summed E-state index contributed by atoms with van der Waals surface area (Å²) in [5.41, 5.74) is 3.99. The first-order chi connectivity index (χ1) is 6.74. The van der Waals surface area contributed by atoms with E-state index in [2.05, 4.69) is 36.7 Å². The van der Waals surface area contributed by atoms with E-state index in [-0.39, 0.29) is 9.52 Å². The maximum atomic E-state index is 3.50. The van der Waals surface area contributed by atoms with E-state index in [1.54, 1.807) is 0 Å². The Balaban J connectivity index is 2.29. The smallest absolute Gasteiger partial charge is 0.0469 e. The Kier molecular flexibility index (Phi) is 5.44. The number of nitrogens with zero attached hydrogens (tertiary/aromatic N) is 1. The summed E-state index contributed by atoms with van der Waals surface area (Å²) in [5.74, 6) is 0. The Labute approximate surface area is 90.6 Å². The number of hydrogen-bond acceptors (Lipinski definition) is 2. The molecule has 0 aromatic rings. The molecule has 1 saturated heterocycles. The summed E-state index contributed by atoms with van der Waals surface area (Å²) in [5, 5.41) is 3.50. The maximum Gasteiger partial charge on any atom is 0.0469 e. The molecule has 1 heterocycles. The summed E-state index contributed by atoms with van der Waals surface area (Å²) < 4.78 is 0. The fourth-order valence-corrected chi connectivity index (χ4v) is 3.77. The summed E-state index contributed by atoms with van der Waals surface area (Å²) in [6.45, 7) is 11.5. The molecule has 0 amide bonds. The molecular weight excluding hydrogens is 188 g/mol. The van der Waals surface area contributed by atoms with Gasteiger partial charge in [0, 0.05) is 35.2 Å². The molecule has 14 heavy (non-hydrogen) atoms. The first kappa shape index (κ1) is 11.9. The summed E-state index contributed by atoms with van der Waals surface area (Å²) in [6.07, 6.45) is 0. The lowest BCUT2D eigenvalue weighted by atomic mass is 10.2. The van der Waals surface area contributed by atoms with Crippen LogP contribution in [-0.2, 0) is 0 Å². The van der Waals surface area contributed by atoms with Gasteiger partial charge in [0.05, 0.1) is 0 Å². The van der Waals surface area contributed by atoms with Crippen LogP contribution in [0.4, 0.5) is 0 Å². The molecule has 0 spiro atoms. The van der Waals surface area contributed by atoms with Gasteiger partial charge < -0.3 is 5.32 Å². The summed E-state index contributed by atoms with van der Waals surface area (Å²) in [7, 11) is 0.0342. The standard InChI is InChI=1S/C11H24N2Si/c1-4-13-6-5-12-7-11(13)9-14-8-10(2)3/h8,11-12H,4-7,9,14H2,1-3H3. The lowest BCUT2D eigenvalue weighted by Crippen LogP contribution is -2.51. The average molecular weight is 212 g/mol. The summed E-state index contributed by atoms with van der Waals surface area (Å²) in [4.78, 5) is 2.63. The predicted molar refractivity (Wildman–Crippen MR) is 66.7 cm³/mol. The second kappa shape index (κ2) is 6.38. The third kappa shape index (κ3) is 3.94. The molecule has 82 valence electrons. The highest BCUT2D eigenvalue weighted by atomic mass is 28.2. The van der Waals surface area contributed by atoms with Crippen LogP contribution in [0.2, 0.25) is 6.04 Å². The Morgan fingerprint density at radius 2 is 2.36 bits per heavy atom. The number of hydrogen-bond donors (Lipinski definition) is 1. The third-order valence-electron chi connectivity index (χ3n) is 2.93. The molecule has 1 aliphatic heterocycles. The summed E-state index contributed by atoms with van der Waals surface area (Å²) in [6, 6.07) is 2.25. The van der Waals surface area contributed by atoms with E-state index in [1.807, 2.05) is 0 Å². The van der Waals surface area contributed by atoms with Gasteiger partial charge in [-0.15, -0.1) is 5.70 Å². The number of likely N-dealkylation sites (N-methyl/N-ethyl adjacent to an activating group) is 1. The Hall–Kier alpha value is -0.123. The molecule has 0 aliphatic carbocycles. The zero-order chi connectivity index (χ0) is 10.4. The quantitative estimate of drug-likeness (QED) is 0.693. The van der Waals surface area contributed by atoms with Crippen molar-refractivity contribution in [1.82, 2.24) is 10.2 Å². The molecule has 1 N–H and O–H groups in total. The fourth-order valence-electron chi connectivity index (χ4n) is 2.07. The van der Waals surface area contributed by atoms with Crippen LogP contribution in [0.25, 0.3) is 0 Å². The van der Waals surface area contributed by atoms with E-state index in [1.165, 1.54) is 37.8 Å². The molecule has 2 nitrogen and oxygen atoms in total. The van der Waals surface area contributed by atoms with Crippen LogP contribution in [0, 0.1) is 0 Å². The number of rotatable bonds is 4. The topological polar surface area (TPSA) is 15.3 Å². The third-order valence-corrected chi connectivity index (χ3v) is 5.04. The molecule has 0 radical (unpaired) electrons. The van der Waals surface area contributed by atoms with E-state index in [9.17, 15) is 0 Å². The molecular formula is C11H24N2Si. The lowest BCUT2D eigenvalue weighted by molar-refractivity contribution is 0.183. The van der Waals surface area contributed by atoms with Crippen molar-refractivity contribution < 1.29 is 0 Å². The highest BCUT2D eigenvalue weighted by molar-refractivity contribution is 6.42. The van der Waals surface area contributed by atoms with Crippen LogP contribution in [0.3, 0.4) is 0 Å². The Bertz CT molecular complexity index is 188. The van der Waals surface area contributed by atoms with Gasteiger partial charge in [-0.2, -0.15) is 0 Å². The molecule has 0 saturated carbocycles. The van der Waals surface area contributed by atoms with Gasteiger partial charge in [-0.3, -0.25) is 4.90 Å². The minimum atomic E-state index is 0.0342. The Morgan fingerprint density at radius 1 is 1.57 bits per heavy atom. The second-order valence-electron chi connectivity index (χ2n) is 4.35. The van der Waals surface area contributed by atoms with Gasteiger partial charge in [0.25, 0.3) is 0 Å². The summed E-state index contributed by atoms with van der Waals surface area (Å²) >= 11 is 0. The largest absolute Gasteiger partial charge is 0.314 e. The molecule has 1 fully saturated rings. The molecule has 0 aromatic heterocycles. The molecule has 1 atom stereocenters. The lowest BCUT2D eigenvalue weighted by Gasteiger charge is -2.35.